The molecule has 1 unspecified atom stereocenters. The number of carbonyl (C=O) groups is 1. The van der Waals surface area contributed by atoms with E-state index in [1.54, 1.807) is 0 Å². The molecule has 0 amide bonds. The highest BCUT2D eigenvalue weighted by molar-refractivity contribution is 6.31. The van der Waals surface area contributed by atoms with E-state index < -0.39 is 12.0 Å². The Morgan fingerprint density at radius 1 is 1.00 bits per heavy atom. The lowest BCUT2D eigenvalue weighted by molar-refractivity contribution is -0.138. The normalized spacial score (nSPS) is 11.8. The maximum atomic E-state index is 11.7. The quantitative estimate of drug-likeness (QED) is 0.189. The van der Waals surface area contributed by atoms with Crippen LogP contribution >= 0.6 is 11.6 Å². The number of hydrogen-bond acceptors (Lipinski definition) is 4. The molecule has 0 saturated carbocycles. The molecule has 186 valence electrons. The Kier molecular flexibility index (Phi) is 8.80. The second-order valence-corrected chi connectivity index (χ2v) is 9.46. The van der Waals surface area contributed by atoms with E-state index in [1.165, 1.54) is 5.56 Å². The van der Waals surface area contributed by atoms with Crippen molar-refractivity contribution in [2.45, 2.75) is 51.6 Å². The van der Waals surface area contributed by atoms with Crippen molar-refractivity contribution in [3.05, 3.63) is 101 Å². The van der Waals surface area contributed by atoms with Gasteiger partial charge in [-0.05, 0) is 66.8 Å². The summed E-state index contributed by atoms with van der Waals surface area (Å²) in [7, 11) is 0. The van der Waals surface area contributed by atoms with Crippen molar-refractivity contribution in [1.82, 2.24) is 4.98 Å². The van der Waals surface area contributed by atoms with Crippen LogP contribution in [-0.4, -0.2) is 22.1 Å². The van der Waals surface area contributed by atoms with E-state index >= 15 is 0 Å². The number of benzene rings is 3. The molecule has 0 fully saturated rings. The van der Waals surface area contributed by atoms with Crippen LogP contribution in [0.5, 0.6) is 0 Å². The van der Waals surface area contributed by atoms with Crippen molar-refractivity contribution >= 4 is 39.8 Å². The highest BCUT2D eigenvalue weighted by Gasteiger charge is 2.17. The summed E-state index contributed by atoms with van der Waals surface area (Å²) in [5, 5.41) is 18.1. The maximum absolute atomic E-state index is 11.7. The van der Waals surface area contributed by atoms with Gasteiger partial charge in [0.2, 0.25) is 0 Å². The molecule has 1 atom stereocenters. The van der Waals surface area contributed by atoms with E-state index in [1.807, 2.05) is 42.5 Å². The number of unbranched alkanes of at least 4 members (excludes halogenated alkanes) is 1. The predicted molar refractivity (Wildman–Crippen MR) is 149 cm³/mol. The SMILES string of the molecule is CCCCC(Nc1ccccc1CNc1cccc(CCc2ccc3ccc(Cl)cc3n2)c1)C(=O)O. The lowest BCUT2D eigenvalue weighted by Crippen LogP contribution is -2.29. The van der Waals surface area contributed by atoms with E-state index in [0.29, 0.717) is 18.0 Å². The van der Waals surface area contributed by atoms with Gasteiger partial charge < -0.3 is 15.7 Å². The van der Waals surface area contributed by atoms with Gasteiger partial charge in [-0.15, -0.1) is 0 Å². The second-order valence-electron chi connectivity index (χ2n) is 9.03. The number of aryl methyl sites for hydroxylation is 2. The molecular formula is C30H32ClN3O2. The number of aromatic nitrogens is 1. The number of hydrogen-bond donors (Lipinski definition) is 3. The molecule has 1 aromatic heterocycles. The number of carboxylic acid groups (broad SMARTS) is 1. The van der Waals surface area contributed by atoms with Crippen molar-refractivity contribution < 1.29 is 9.90 Å². The zero-order valence-corrected chi connectivity index (χ0v) is 21.3. The van der Waals surface area contributed by atoms with Crippen LogP contribution in [0.1, 0.15) is 43.0 Å². The summed E-state index contributed by atoms with van der Waals surface area (Å²) in [4.78, 5) is 16.5. The minimum atomic E-state index is -0.817. The second kappa shape index (κ2) is 12.4. The van der Waals surface area contributed by atoms with Crippen LogP contribution in [0, 0.1) is 0 Å². The summed E-state index contributed by atoms with van der Waals surface area (Å²) in [6.45, 7) is 2.67. The van der Waals surface area contributed by atoms with Gasteiger partial charge >= 0.3 is 5.97 Å². The predicted octanol–water partition coefficient (Wildman–Crippen LogP) is 7.34. The number of anilines is 2. The van der Waals surface area contributed by atoms with Crippen molar-refractivity contribution in [2.24, 2.45) is 0 Å². The van der Waals surface area contributed by atoms with Gasteiger partial charge in [-0.25, -0.2) is 4.79 Å². The zero-order chi connectivity index (χ0) is 25.3. The number of aliphatic carboxylic acids is 1. The van der Waals surface area contributed by atoms with E-state index in [4.69, 9.17) is 16.6 Å². The molecule has 3 N–H and O–H groups in total. The number of nitrogens with zero attached hydrogens (tertiary/aromatic N) is 1. The van der Waals surface area contributed by atoms with Gasteiger partial charge in [0, 0.05) is 34.0 Å². The molecule has 4 aromatic rings. The zero-order valence-electron chi connectivity index (χ0n) is 20.5. The van der Waals surface area contributed by atoms with Gasteiger partial charge in [0.1, 0.15) is 6.04 Å². The maximum Gasteiger partial charge on any atom is 0.326 e. The first-order chi connectivity index (χ1) is 17.5. The molecule has 0 saturated heterocycles. The van der Waals surface area contributed by atoms with Crippen molar-refractivity contribution in [1.29, 1.82) is 0 Å². The average molecular weight is 502 g/mol. The van der Waals surface area contributed by atoms with Crippen LogP contribution in [-0.2, 0) is 24.2 Å². The van der Waals surface area contributed by atoms with Crippen molar-refractivity contribution in [2.75, 3.05) is 10.6 Å². The fraction of sp³-hybridized carbons (Fsp3) is 0.267. The Morgan fingerprint density at radius 3 is 2.67 bits per heavy atom. The third kappa shape index (κ3) is 6.98. The van der Waals surface area contributed by atoms with Gasteiger partial charge in [0.15, 0.2) is 0 Å². The molecular weight excluding hydrogens is 470 g/mol. The molecule has 5 nitrogen and oxygen atoms in total. The van der Waals surface area contributed by atoms with E-state index in [0.717, 1.165) is 59.2 Å². The average Bonchev–Trinajstić information content (AvgIpc) is 2.89. The third-order valence-electron chi connectivity index (χ3n) is 6.28. The van der Waals surface area contributed by atoms with Crippen LogP contribution in [0.2, 0.25) is 5.02 Å². The molecule has 0 radical (unpaired) electrons. The number of fused-ring (bicyclic) bond motifs is 1. The van der Waals surface area contributed by atoms with Crippen LogP contribution < -0.4 is 10.6 Å². The van der Waals surface area contributed by atoms with Crippen LogP contribution in [0.3, 0.4) is 0 Å². The molecule has 3 aromatic carbocycles. The number of nitrogens with one attached hydrogen (secondary N) is 2. The minimum Gasteiger partial charge on any atom is -0.480 e. The standard InChI is InChI=1S/C30H32ClN3O2/c1-2-3-10-28(30(35)36)34-27-11-5-4-8-23(27)20-32-26-9-6-7-21(18-26)12-16-25-17-14-22-13-15-24(31)19-29(22)33-25/h4-9,11,13-15,17-19,28,32,34H,2-3,10,12,16,20H2,1H3,(H,35,36). The van der Waals surface area contributed by atoms with Gasteiger partial charge in [0.25, 0.3) is 0 Å². The van der Waals surface area contributed by atoms with Gasteiger partial charge in [-0.3, -0.25) is 4.98 Å². The van der Waals surface area contributed by atoms with Crippen LogP contribution in [0.25, 0.3) is 10.9 Å². The Hall–Kier alpha value is -3.57. The molecule has 4 rings (SSSR count). The van der Waals surface area contributed by atoms with Crippen LogP contribution in [0.4, 0.5) is 11.4 Å². The minimum absolute atomic E-state index is 0.589. The summed E-state index contributed by atoms with van der Waals surface area (Å²) in [5.41, 5.74) is 6.10. The smallest absolute Gasteiger partial charge is 0.326 e. The van der Waals surface area contributed by atoms with Crippen LogP contribution in [0.15, 0.2) is 78.9 Å². The molecule has 0 aliphatic carbocycles. The summed E-state index contributed by atoms with van der Waals surface area (Å²) in [6, 6.07) is 25.6. The van der Waals surface area contributed by atoms with Gasteiger partial charge in [-0.2, -0.15) is 0 Å². The van der Waals surface area contributed by atoms with Crippen molar-refractivity contribution in [3.63, 3.8) is 0 Å². The Labute approximate surface area is 217 Å². The highest BCUT2D eigenvalue weighted by Crippen LogP contribution is 2.22. The molecule has 0 bridgehead atoms. The third-order valence-corrected chi connectivity index (χ3v) is 6.52. The fourth-order valence-electron chi connectivity index (χ4n) is 4.25. The van der Waals surface area contributed by atoms with Gasteiger partial charge in [-0.1, -0.05) is 73.8 Å². The number of halogens is 1. The Balaban J connectivity index is 1.38. The number of rotatable bonds is 12. The van der Waals surface area contributed by atoms with Crippen molar-refractivity contribution in [3.8, 4) is 0 Å². The summed E-state index contributed by atoms with van der Waals surface area (Å²) >= 11 is 6.13. The molecule has 0 spiro atoms. The fourth-order valence-corrected chi connectivity index (χ4v) is 4.41. The lowest BCUT2D eigenvalue weighted by atomic mass is 10.1. The summed E-state index contributed by atoms with van der Waals surface area (Å²) < 4.78 is 0. The molecule has 6 heteroatoms. The summed E-state index contributed by atoms with van der Waals surface area (Å²) in [5.74, 6) is -0.817. The van der Waals surface area contributed by atoms with E-state index in [9.17, 15) is 9.90 Å². The monoisotopic (exact) mass is 501 g/mol. The largest absolute Gasteiger partial charge is 0.480 e. The number of para-hydroxylation sites is 1. The molecule has 0 aliphatic heterocycles. The Morgan fingerprint density at radius 2 is 1.83 bits per heavy atom. The lowest BCUT2D eigenvalue weighted by Gasteiger charge is -2.19. The number of carboxylic acids is 1. The molecule has 36 heavy (non-hydrogen) atoms. The topological polar surface area (TPSA) is 74.2 Å². The van der Waals surface area contributed by atoms with Gasteiger partial charge in [0.05, 0.1) is 5.52 Å². The van der Waals surface area contributed by atoms with E-state index in [2.05, 4.69) is 54.0 Å². The molecule has 0 aliphatic rings. The first-order valence-electron chi connectivity index (χ1n) is 12.5. The first kappa shape index (κ1) is 25.5. The molecule has 1 heterocycles. The Bertz CT molecular complexity index is 1320. The van der Waals surface area contributed by atoms with E-state index in [-0.39, 0.29) is 0 Å². The summed E-state index contributed by atoms with van der Waals surface area (Å²) in [6.07, 6.45) is 4.17. The number of pyridine rings is 1. The first-order valence-corrected chi connectivity index (χ1v) is 12.8. The highest BCUT2D eigenvalue weighted by atomic mass is 35.5.